The van der Waals surface area contributed by atoms with Crippen molar-refractivity contribution in [3.63, 3.8) is 0 Å². The summed E-state index contributed by atoms with van der Waals surface area (Å²) >= 11 is 0. The molecule has 36 heavy (non-hydrogen) atoms. The molecule has 1 fully saturated rings. The number of aliphatic hydroxyl groups is 1. The van der Waals surface area contributed by atoms with Gasteiger partial charge >= 0.3 is 11.9 Å². The predicted molar refractivity (Wildman–Crippen MR) is 126 cm³/mol. The highest BCUT2D eigenvalue weighted by atomic mass is 16.6. The minimum absolute atomic E-state index is 0.150. The molecule has 0 saturated carbocycles. The van der Waals surface area contributed by atoms with Crippen molar-refractivity contribution in [1.82, 2.24) is 4.90 Å². The molecule has 1 N–H and O–H groups in total. The molecule has 9 nitrogen and oxygen atoms in total. The van der Waals surface area contributed by atoms with E-state index in [0.717, 1.165) is 24.0 Å². The van der Waals surface area contributed by atoms with Gasteiger partial charge < -0.3 is 24.2 Å². The number of esters is 2. The van der Waals surface area contributed by atoms with E-state index in [0.29, 0.717) is 24.2 Å². The average molecular weight is 498 g/mol. The molecule has 5 rings (SSSR count). The predicted octanol–water partition coefficient (Wildman–Crippen LogP) is 1.87. The number of piperidine rings is 1. The summed E-state index contributed by atoms with van der Waals surface area (Å²) in [6.45, 7) is 5.08. The van der Waals surface area contributed by atoms with Gasteiger partial charge in [-0.3, -0.25) is 19.2 Å². The molecule has 6 atom stereocenters. The Morgan fingerprint density at radius 1 is 1.31 bits per heavy atom. The van der Waals surface area contributed by atoms with Crippen LogP contribution in [0.3, 0.4) is 0 Å². The van der Waals surface area contributed by atoms with Crippen LogP contribution in [0.2, 0.25) is 0 Å². The average Bonchev–Trinajstić information content (AvgIpc) is 3.18. The van der Waals surface area contributed by atoms with Crippen LogP contribution in [-0.2, 0) is 35.7 Å². The molecule has 2 bridgehead atoms. The normalized spacial score (nSPS) is 31.3. The summed E-state index contributed by atoms with van der Waals surface area (Å²) < 4.78 is 17.2. The Bertz CT molecular complexity index is 1190. The van der Waals surface area contributed by atoms with Crippen LogP contribution in [0.1, 0.15) is 61.5 Å². The Labute approximate surface area is 209 Å². The van der Waals surface area contributed by atoms with Crippen molar-refractivity contribution in [2.24, 2.45) is 5.92 Å². The zero-order chi connectivity index (χ0) is 26.0. The van der Waals surface area contributed by atoms with E-state index in [1.54, 1.807) is 19.1 Å². The Hall–Kier alpha value is -3.04. The van der Waals surface area contributed by atoms with Crippen LogP contribution in [0.15, 0.2) is 24.0 Å². The van der Waals surface area contributed by atoms with E-state index in [2.05, 4.69) is 4.90 Å². The van der Waals surface area contributed by atoms with E-state index in [1.807, 2.05) is 13.1 Å². The van der Waals surface area contributed by atoms with Gasteiger partial charge in [-0.1, -0.05) is 13.0 Å². The van der Waals surface area contributed by atoms with Crippen LogP contribution in [0.5, 0.6) is 5.75 Å². The van der Waals surface area contributed by atoms with E-state index in [-0.39, 0.29) is 30.4 Å². The monoisotopic (exact) mass is 497 g/mol. The number of nitrogens with zero attached hydrogens (tertiary/aromatic N) is 1. The van der Waals surface area contributed by atoms with Crippen LogP contribution >= 0.6 is 0 Å². The number of likely N-dealkylation sites (tertiary alicyclic amines) is 1. The van der Waals surface area contributed by atoms with Crippen molar-refractivity contribution in [3.05, 3.63) is 40.7 Å². The standard InChI is InChI=1S/C27H31NO8/c1-14(11-21(31)34-16(3)15(2)30)25(32)35-19-7-8-27(33)20-12-17-5-6-18(13-29)23-22(17)26(27,24(19)36-23)9-10-28(20)4/h5-7,13-14,16,20,24,33H,8-12H2,1-4H3/t14-,16-,20+,24-,26-,27+/m0/s1. The molecule has 0 aromatic heterocycles. The van der Waals surface area contributed by atoms with Gasteiger partial charge in [0.2, 0.25) is 0 Å². The molecular formula is C27H31NO8. The lowest BCUT2D eigenvalue weighted by Crippen LogP contribution is -2.74. The molecule has 1 saturated heterocycles. The van der Waals surface area contributed by atoms with E-state index in [4.69, 9.17) is 14.2 Å². The summed E-state index contributed by atoms with van der Waals surface area (Å²) in [6, 6.07) is 3.52. The minimum Gasteiger partial charge on any atom is -0.480 e. The second-order valence-corrected chi connectivity index (χ2v) is 10.6. The second kappa shape index (κ2) is 8.52. The van der Waals surface area contributed by atoms with Crippen molar-refractivity contribution in [3.8, 4) is 5.75 Å². The smallest absolute Gasteiger partial charge is 0.314 e. The fourth-order valence-electron chi connectivity index (χ4n) is 6.44. The number of Topliss-reactive ketones (excluding diaryl/α,β-unsaturated/α-hetero) is 1. The molecule has 1 aromatic rings. The summed E-state index contributed by atoms with van der Waals surface area (Å²) in [7, 11) is 2.00. The SMILES string of the molecule is CC(=O)[C@H](C)OC(=O)C[C@H](C)C(=O)OC1=CC[C@@]2(O)[C@H]3Cc4ccc(C=O)c5c4[C@@]2(CCN3C)[C@H]1O5. The van der Waals surface area contributed by atoms with Crippen molar-refractivity contribution in [2.75, 3.05) is 13.6 Å². The zero-order valence-electron chi connectivity index (χ0n) is 20.9. The first-order valence-corrected chi connectivity index (χ1v) is 12.4. The molecule has 1 aromatic carbocycles. The number of benzene rings is 1. The number of rotatable bonds is 7. The Morgan fingerprint density at radius 2 is 2.06 bits per heavy atom. The lowest BCUT2D eigenvalue weighted by atomic mass is 9.50. The number of ketones is 1. The summed E-state index contributed by atoms with van der Waals surface area (Å²) in [5.41, 5.74) is 0.274. The Morgan fingerprint density at radius 3 is 2.75 bits per heavy atom. The lowest BCUT2D eigenvalue weighted by Gasteiger charge is -2.61. The maximum absolute atomic E-state index is 13.0. The van der Waals surface area contributed by atoms with Crippen molar-refractivity contribution in [2.45, 2.75) is 75.7 Å². The van der Waals surface area contributed by atoms with E-state index in [1.165, 1.54) is 13.8 Å². The first-order chi connectivity index (χ1) is 17.0. The summed E-state index contributed by atoms with van der Waals surface area (Å²) in [5.74, 6) is -1.67. The molecule has 2 aliphatic heterocycles. The molecule has 4 aliphatic rings. The number of likely N-dealkylation sites (N-methyl/N-ethyl adjacent to an activating group) is 1. The third-order valence-corrected chi connectivity index (χ3v) is 8.51. The number of hydrogen-bond acceptors (Lipinski definition) is 9. The molecule has 2 aliphatic carbocycles. The topological polar surface area (TPSA) is 119 Å². The highest BCUT2D eigenvalue weighted by molar-refractivity contribution is 5.85. The summed E-state index contributed by atoms with van der Waals surface area (Å²) in [6.07, 6.45) is 2.02. The number of aldehydes is 1. The highest BCUT2D eigenvalue weighted by Crippen LogP contribution is 2.64. The van der Waals surface area contributed by atoms with Crippen molar-refractivity contribution >= 4 is 24.0 Å². The fourth-order valence-corrected chi connectivity index (χ4v) is 6.44. The van der Waals surface area contributed by atoms with Crippen LogP contribution < -0.4 is 4.74 Å². The van der Waals surface area contributed by atoms with Crippen LogP contribution in [0, 0.1) is 5.92 Å². The highest BCUT2D eigenvalue weighted by Gasteiger charge is 2.71. The molecule has 9 heteroatoms. The fraction of sp³-hybridized carbons (Fsp3) is 0.556. The first-order valence-electron chi connectivity index (χ1n) is 12.4. The molecule has 0 radical (unpaired) electrons. The third kappa shape index (κ3) is 3.36. The van der Waals surface area contributed by atoms with Gasteiger partial charge in [0.15, 0.2) is 24.3 Å². The quantitative estimate of drug-likeness (QED) is 0.445. The van der Waals surface area contributed by atoms with E-state index in [9.17, 15) is 24.3 Å². The van der Waals surface area contributed by atoms with Gasteiger partial charge in [-0.15, -0.1) is 0 Å². The van der Waals surface area contributed by atoms with Gasteiger partial charge in [-0.2, -0.15) is 0 Å². The van der Waals surface area contributed by atoms with Crippen molar-refractivity contribution in [1.29, 1.82) is 0 Å². The Kier molecular flexibility index (Phi) is 5.83. The summed E-state index contributed by atoms with van der Waals surface area (Å²) in [5, 5.41) is 12.2. The number of carbonyl (C=O) groups excluding carboxylic acids is 4. The largest absolute Gasteiger partial charge is 0.480 e. The van der Waals surface area contributed by atoms with Crippen LogP contribution in [0.4, 0.5) is 0 Å². The van der Waals surface area contributed by atoms with Crippen molar-refractivity contribution < 1.29 is 38.5 Å². The van der Waals surface area contributed by atoms with E-state index >= 15 is 0 Å². The van der Waals surface area contributed by atoms with Crippen LogP contribution in [0.25, 0.3) is 0 Å². The third-order valence-electron chi connectivity index (χ3n) is 8.51. The minimum atomic E-state index is -1.15. The van der Waals surface area contributed by atoms with Crippen LogP contribution in [-0.4, -0.2) is 71.5 Å². The number of carbonyl (C=O) groups is 4. The lowest BCUT2D eigenvalue weighted by molar-refractivity contribution is -0.171. The van der Waals surface area contributed by atoms with Gasteiger partial charge in [-0.05, 0) is 58.0 Å². The Balaban J connectivity index is 1.44. The number of hydrogen-bond donors (Lipinski definition) is 1. The molecule has 192 valence electrons. The van der Waals surface area contributed by atoms with Gasteiger partial charge in [0.1, 0.15) is 11.5 Å². The molecule has 1 spiro atoms. The zero-order valence-corrected chi connectivity index (χ0v) is 20.9. The van der Waals surface area contributed by atoms with Gasteiger partial charge in [0.05, 0.1) is 28.9 Å². The maximum atomic E-state index is 13.0. The maximum Gasteiger partial charge on any atom is 0.314 e. The molecule has 2 heterocycles. The molecular weight excluding hydrogens is 466 g/mol. The first kappa shape index (κ1) is 24.6. The summed E-state index contributed by atoms with van der Waals surface area (Å²) in [4.78, 5) is 50.5. The van der Waals surface area contributed by atoms with Gasteiger partial charge in [0, 0.05) is 18.0 Å². The van der Waals surface area contributed by atoms with Gasteiger partial charge in [-0.25, -0.2) is 0 Å². The van der Waals surface area contributed by atoms with Gasteiger partial charge in [0.25, 0.3) is 0 Å². The van der Waals surface area contributed by atoms with E-state index < -0.39 is 41.1 Å². The molecule has 0 amide bonds. The molecule has 0 unspecified atom stereocenters. The second-order valence-electron chi connectivity index (χ2n) is 10.6. The number of ether oxygens (including phenoxy) is 3.